The quantitative estimate of drug-likeness (QED) is 0.676. The van der Waals surface area contributed by atoms with Crippen molar-refractivity contribution in [2.45, 2.75) is 38.3 Å². The Balaban J connectivity index is 2.38. The molecule has 1 atom stereocenters. The van der Waals surface area contributed by atoms with Crippen LogP contribution in [0.15, 0.2) is 0 Å². The van der Waals surface area contributed by atoms with Gasteiger partial charge in [0.25, 0.3) is 0 Å². The van der Waals surface area contributed by atoms with E-state index in [2.05, 4.69) is 0 Å². The average molecular weight is 200 g/mol. The molecule has 5 heteroatoms. The Hall–Kier alpha value is -1.10. The van der Waals surface area contributed by atoms with Crippen LogP contribution >= 0.6 is 0 Å². The number of carboxylic acids is 1. The van der Waals surface area contributed by atoms with Crippen LogP contribution in [-0.2, 0) is 9.59 Å². The minimum absolute atomic E-state index is 0.0188. The van der Waals surface area contributed by atoms with Gasteiger partial charge in [0.1, 0.15) is 0 Å². The summed E-state index contributed by atoms with van der Waals surface area (Å²) in [7, 11) is 0. The van der Waals surface area contributed by atoms with E-state index in [1.54, 1.807) is 4.90 Å². The number of nitrogens with two attached hydrogens (primary N) is 1. The van der Waals surface area contributed by atoms with E-state index >= 15 is 0 Å². The number of hydrogen-bond acceptors (Lipinski definition) is 3. The van der Waals surface area contributed by atoms with Crippen LogP contribution in [0.1, 0.15) is 32.1 Å². The molecule has 1 aliphatic heterocycles. The highest BCUT2D eigenvalue weighted by Gasteiger charge is 2.23. The summed E-state index contributed by atoms with van der Waals surface area (Å²) in [4.78, 5) is 23.3. The van der Waals surface area contributed by atoms with Crippen LogP contribution < -0.4 is 5.73 Å². The molecule has 1 heterocycles. The molecule has 14 heavy (non-hydrogen) atoms. The number of carbonyl (C=O) groups is 2. The molecule has 1 aliphatic rings. The van der Waals surface area contributed by atoms with Gasteiger partial charge in [-0.25, -0.2) is 0 Å². The van der Waals surface area contributed by atoms with Gasteiger partial charge in [-0.05, 0) is 19.3 Å². The standard InChI is InChI=1S/C9H16N2O3/c10-7(4-5-9(13)14)11-6-2-1-3-8(11)12/h7H,1-6,10H2,(H,13,14). The molecule has 5 nitrogen and oxygen atoms in total. The van der Waals surface area contributed by atoms with Crippen molar-refractivity contribution in [2.75, 3.05) is 6.54 Å². The second-order valence-corrected chi connectivity index (χ2v) is 3.54. The van der Waals surface area contributed by atoms with Gasteiger partial charge in [0.05, 0.1) is 6.17 Å². The molecular formula is C9H16N2O3. The van der Waals surface area contributed by atoms with E-state index in [4.69, 9.17) is 10.8 Å². The smallest absolute Gasteiger partial charge is 0.303 e. The monoisotopic (exact) mass is 200 g/mol. The van der Waals surface area contributed by atoms with Gasteiger partial charge in [0, 0.05) is 19.4 Å². The molecule has 0 spiro atoms. The summed E-state index contributed by atoms with van der Waals surface area (Å²) in [5, 5.41) is 8.47. The van der Waals surface area contributed by atoms with Crippen molar-refractivity contribution >= 4 is 11.9 Å². The van der Waals surface area contributed by atoms with E-state index in [-0.39, 0.29) is 12.3 Å². The topological polar surface area (TPSA) is 83.6 Å². The third kappa shape index (κ3) is 2.99. The number of hydrogen-bond donors (Lipinski definition) is 2. The molecule has 0 aromatic rings. The fourth-order valence-corrected chi connectivity index (χ4v) is 1.60. The van der Waals surface area contributed by atoms with Crippen LogP contribution in [0.2, 0.25) is 0 Å². The Morgan fingerprint density at radius 3 is 2.86 bits per heavy atom. The fraction of sp³-hybridized carbons (Fsp3) is 0.778. The maximum Gasteiger partial charge on any atom is 0.303 e. The van der Waals surface area contributed by atoms with Crippen molar-refractivity contribution in [1.29, 1.82) is 0 Å². The summed E-state index contributed by atoms with van der Waals surface area (Å²) in [6.07, 6.45) is 2.35. The van der Waals surface area contributed by atoms with E-state index in [9.17, 15) is 9.59 Å². The highest BCUT2D eigenvalue weighted by Crippen LogP contribution is 2.13. The van der Waals surface area contributed by atoms with Crippen LogP contribution in [0, 0.1) is 0 Å². The summed E-state index contributed by atoms with van der Waals surface area (Å²) in [6, 6.07) is 0. The zero-order valence-electron chi connectivity index (χ0n) is 8.11. The molecule has 1 saturated heterocycles. The van der Waals surface area contributed by atoms with Crippen molar-refractivity contribution in [3.05, 3.63) is 0 Å². The Morgan fingerprint density at radius 1 is 1.57 bits per heavy atom. The maximum atomic E-state index is 11.4. The molecule has 1 amide bonds. The van der Waals surface area contributed by atoms with Gasteiger partial charge >= 0.3 is 5.97 Å². The van der Waals surface area contributed by atoms with E-state index in [0.29, 0.717) is 19.4 Å². The first kappa shape index (κ1) is 11.0. The highest BCUT2D eigenvalue weighted by molar-refractivity contribution is 5.77. The predicted octanol–water partition coefficient (Wildman–Crippen LogP) is 0.148. The molecule has 80 valence electrons. The lowest BCUT2D eigenvalue weighted by Gasteiger charge is -2.31. The zero-order chi connectivity index (χ0) is 10.6. The van der Waals surface area contributed by atoms with E-state index in [0.717, 1.165) is 12.8 Å². The van der Waals surface area contributed by atoms with Crippen LogP contribution in [0.5, 0.6) is 0 Å². The third-order valence-corrected chi connectivity index (χ3v) is 2.41. The molecule has 0 radical (unpaired) electrons. The van der Waals surface area contributed by atoms with Crippen LogP contribution in [0.25, 0.3) is 0 Å². The zero-order valence-corrected chi connectivity index (χ0v) is 8.11. The Bertz CT molecular complexity index is 230. The van der Waals surface area contributed by atoms with Crippen molar-refractivity contribution in [3.8, 4) is 0 Å². The number of amides is 1. The third-order valence-electron chi connectivity index (χ3n) is 2.41. The summed E-state index contributed by atoms with van der Waals surface area (Å²) in [6.45, 7) is 0.666. The summed E-state index contributed by atoms with van der Waals surface area (Å²) in [5.74, 6) is -0.820. The highest BCUT2D eigenvalue weighted by atomic mass is 16.4. The van der Waals surface area contributed by atoms with Gasteiger partial charge < -0.3 is 15.7 Å². The first-order chi connectivity index (χ1) is 6.61. The first-order valence-electron chi connectivity index (χ1n) is 4.88. The molecule has 0 saturated carbocycles. The van der Waals surface area contributed by atoms with E-state index < -0.39 is 12.1 Å². The van der Waals surface area contributed by atoms with Crippen LogP contribution in [0.4, 0.5) is 0 Å². The minimum atomic E-state index is -0.870. The van der Waals surface area contributed by atoms with E-state index in [1.807, 2.05) is 0 Å². The van der Waals surface area contributed by atoms with Crippen molar-refractivity contribution < 1.29 is 14.7 Å². The maximum absolute atomic E-state index is 11.4. The SMILES string of the molecule is NC(CCC(=O)O)N1CCCCC1=O. The van der Waals surface area contributed by atoms with E-state index in [1.165, 1.54) is 0 Å². The molecule has 1 rings (SSSR count). The lowest BCUT2D eigenvalue weighted by atomic mass is 10.1. The van der Waals surface area contributed by atoms with Crippen LogP contribution in [-0.4, -0.2) is 34.6 Å². The fourth-order valence-electron chi connectivity index (χ4n) is 1.60. The van der Waals surface area contributed by atoms with Crippen molar-refractivity contribution in [3.63, 3.8) is 0 Å². The largest absolute Gasteiger partial charge is 0.481 e. The molecule has 0 bridgehead atoms. The number of piperidine rings is 1. The lowest BCUT2D eigenvalue weighted by Crippen LogP contribution is -2.48. The van der Waals surface area contributed by atoms with Gasteiger partial charge in [-0.15, -0.1) is 0 Å². The molecule has 3 N–H and O–H groups in total. The lowest BCUT2D eigenvalue weighted by molar-refractivity contribution is -0.140. The summed E-state index contributed by atoms with van der Waals surface area (Å²) >= 11 is 0. The summed E-state index contributed by atoms with van der Waals surface area (Å²) < 4.78 is 0. The number of carboxylic acid groups (broad SMARTS) is 1. The van der Waals surface area contributed by atoms with Gasteiger partial charge in [-0.1, -0.05) is 0 Å². The van der Waals surface area contributed by atoms with Crippen LogP contribution in [0.3, 0.4) is 0 Å². The number of carbonyl (C=O) groups excluding carboxylic acids is 1. The number of rotatable bonds is 4. The van der Waals surface area contributed by atoms with Gasteiger partial charge in [-0.3, -0.25) is 9.59 Å². The molecule has 0 aliphatic carbocycles. The van der Waals surface area contributed by atoms with Gasteiger partial charge in [0.15, 0.2) is 0 Å². The second-order valence-electron chi connectivity index (χ2n) is 3.54. The minimum Gasteiger partial charge on any atom is -0.481 e. The molecule has 0 aromatic carbocycles. The van der Waals surface area contributed by atoms with Crippen molar-refractivity contribution in [2.24, 2.45) is 5.73 Å². The molecule has 1 fully saturated rings. The number of aliphatic carboxylic acids is 1. The van der Waals surface area contributed by atoms with Gasteiger partial charge in [0.2, 0.25) is 5.91 Å². The number of nitrogens with zero attached hydrogens (tertiary/aromatic N) is 1. The predicted molar refractivity (Wildman–Crippen MR) is 50.4 cm³/mol. The first-order valence-corrected chi connectivity index (χ1v) is 4.88. The molecule has 1 unspecified atom stereocenters. The Labute approximate surface area is 82.9 Å². The van der Waals surface area contributed by atoms with Crippen molar-refractivity contribution in [1.82, 2.24) is 4.90 Å². The number of likely N-dealkylation sites (tertiary alicyclic amines) is 1. The molecular weight excluding hydrogens is 184 g/mol. The normalized spacial score (nSPS) is 19.5. The Kier molecular flexibility index (Phi) is 3.88. The Morgan fingerprint density at radius 2 is 2.29 bits per heavy atom. The molecule has 0 aromatic heterocycles. The van der Waals surface area contributed by atoms with Gasteiger partial charge in [-0.2, -0.15) is 0 Å². The summed E-state index contributed by atoms with van der Waals surface area (Å²) in [5.41, 5.74) is 5.73. The average Bonchev–Trinajstić information content (AvgIpc) is 2.15. The second kappa shape index (κ2) is 4.95.